The van der Waals surface area contributed by atoms with Gasteiger partial charge in [0.1, 0.15) is 6.04 Å². The van der Waals surface area contributed by atoms with Crippen LogP contribution < -0.4 is 21.3 Å². The third-order valence-electron chi connectivity index (χ3n) is 13.9. The summed E-state index contributed by atoms with van der Waals surface area (Å²) in [6.07, 6.45) is -0.150. The highest BCUT2D eigenvalue weighted by Gasteiger charge is 2.53. The van der Waals surface area contributed by atoms with E-state index in [0.29, 0.717) is 90.4 Å². The summed E-state index contributed by atoms with van der Waals surface area (Å²) in [7, 11) is 0. The molecule has 6 unspecified atom stereocenters. The van der Waals surface area contributed by atoms with Gasteiger partial charge in [0.2, 0.25) is 36.0 Å². The van der Waals surface area contributed by atoms with Gasteiger partial charge in [-0.15, -0.1) is 0 Å². The highest BCUT2D eigenvalue weighted by atomic mass is 16.8. The molecule has 0 radical (unpaired) electrons. The van der Waals surface area contributed by atoms with Crippen molar-refractivity contribution < 1.29 is 76.2 Å². The molecule has 1 saturated heterocycles. The number of nitrogens with one attached hydrogen (secondary N) is 4. The molecule has 81 heavy (non-hydrogen) atoms. The minimum atomic E-state index is -1.49. The number of carbonyl (C=O) groups excluding carboxylic acids is 7. The summed E-state index contributed by atoms with van der Waals surface area (Å²) in [5.41, 5.74) is -6.01. The quantitative estimate of drug-likeness (QED) is 0.0259. The lowest BCUT2D eigenvalue weighted by Gasteiger charge is -2.44. The van der Waals surface area contributed by atoms with Crippen LogP contribution in [-0.2, 0) is 76.2 Å². The molecule has 1 heterocycles. The number of hydrogen-bond acceptors (Lipinski definition) is 17. The Bertz CT molecular complexity index is 2110. The minimum Gasteiger partial charge on any atom is -0.456 e. The van der Waals surface area contributed by atoms with Gasteiger partial charge < -0.3 is 63.9 Å². The van der Waals surface area contributed by atoms with E-state index in [0.717, 1.165) is 20.8 Å². The SMILES string of the molecule is CCC(C)(C#N)CCC(=O)NCCC(C)(C)OCC(C)(C)OC(C)(C)CC(C)(C)C(=O)NCCC(C)(C)OCC(C)(C)OC(C)(C)CC(C)(C)C(=O)NCCCCCOC1OC(OC(C)=O)C(OC(C)=O)C(OC(C)=O)C1NC(C)=O. The molecule has 0 aromatic carbocycles. The van der Waals surface area contributed by atoms with Gasteiger partial charge in [-0.2, -0.15) is 5.26 Å². The van der Waals surface area contributed by atoms with Gasteiger partial charge in [0, 0.05) is 71.2 Å². The van der Waals surface area contributed by atoms with Crippen molar-refractivity contribution in [3.8, 4) is 6.07 Å². The lowest BCUT2D eigenvalue weighted by Crippen LogP contribution is -2.66. The number of unbranched alkanes of at least 4 members (excludes halogenated alkanes) is 2. The number of rotatable bonds is 37. The molecule has 1 rings (SSSR count). The molecule has 0 bridgehead atoms. The Labute approximate surface area is 485 Å². The van der Waals surface area contributed by atoms with E-state index in [2.05, 4.69) is 27.3 Å². The van der Waals surface area contributed by atoms with Crippen LogP contribution in [0, 0.1) is 27.6 Å². The van der Waals surface area contributed by atoms with Gasteiger partial charge in [-0.1, -0.05) is 34.6 Å². The van der Waals surface area contributed by atoms with Crippen molar-refractivity contribution in [1.29, 1.82) is 5.26 Å². The molecule has 0 spiro atoms. The lowest BCUT2D eigenvalue weighted by atomic mass is 9.80. The largest absolute Gasteiger partial charge is 0.456 e. The molecular weight excluding hydrogens is 1050 g/mol. The van der Waals surface area contributed by atoms with Crippen LogP contribution in [0.1, 0.15) is 217 Å². The van der Waals surface area contributed by atoms with Gasteiger partial charge in [-0.05, 0) is 148 Å². The standard InChI is InChI=1S/C60H107N5O16/c1-23-60(22,37-61)28-27-44(70)62-32-29-54(10,11)74-38-58(18,19)81-57(16,17)36-53(8,9)51(72)64-33-30-55(12,13)75-39-59(20,21)80-56(14,15)35-52(6,7)50(71)63-31-25-24-26-34-73-48-45(65-40(2)66)46(76-41(3)67)47(77-42(4)68)49(79-48)78-43(5)69/h45-49H,23-36,38-39H2,1-22H3,(H,62,70)(H,63,71)(H,64,72)(H,65,66). The lowest BCUT2D eigenvalue weighted by molar-refractivity contribution is -0.321. The second-order valence-electron chi connectivity index (χ2n) is 27.1. The smallest absolute Gasteiger partial charge is 0.305 e. The van der Waals surface area contributed by atoms with Crippen molar-refractivity contribution in [1.82, 2.24) is 21.3 Å². The predicted octanol–water partition coefficient (Wildman–Crippen LogP) is 8.21. The van der Waals surface area contributed by atoms with Crippen LogP contribution in [0.5, 0.6) is 0 Å². The van der Waals surface area contributed by atoms with Gasteiger partial charge in [0.15, 0.2) is 12.4 Å². The average Bonchev–Trinajstić information content (AvgIpc) is 3.29. The molecule has 0 saturated carbocycles. The van der Waals surface area contributed by atoms with Crippen LogP contribution in [0.15, 0.2) is 0 Å². The summed E-state index contributed by atoms with van der Waals surface area (Å²) in [5.74, 6) is -3.05. The zero-order chi connectivity index (χ0) is 62.6. The minimum absolute atomic E-state index is 0.0758. The predicted molar refractivity (Wildman–Crippen MR) is 306 cm³/mol. The fourth-order valence-corrected chi connectivity index (χ4v) is 10.1. The second-order valence-corrected chi connectivity index (χ2v) is 27.1. The maximum Gasteiger partial charge on any atom is 0.305 e. The molecular formula is C60H107N5O16. The number of nitriles is 1. The van der Waals surface area contributed by atoms with Crippen molar-refractivity contribution in [2.75, 3.05) is 39.5 Å². The second kappa shape index (κ2) is 31.4. The van der Waals surface area contributed by atoms with Gasteiger partial charge in [-0.25, -0.2) is 0 Å². The van der Waals surface area contributed by atoms with Crippen LogP contribution in [0.2, 0.25) is 0 Å². The summed E-state index contributed by atoms with van der Waals surface area (Å²) in [6, 6.07) is 1.20. The van der Waals surface area contributed by atoms with Crippen molar-refractivity contribution in [2.24, 2.45) is 16.2 Å². The van der Waals surface area contributed by atoms with Crippen molar-refractivity contribution in [3.63, 3.8) is 0 Å². The molecule has 21 heteroatoms. The first kappa shape index (κ1) is 74.6. The molecule has 0 aliphatic carbocycles. The first-order valence-corrected chi connectivity index (χ1v) is 28.8. The number of esters is 3. The summed E-state index contributed by atoms with van der Waals surface area (Å²) in [6.45, 7) is 41.6. The van der Waals surface area contributed by atoms with Crippen LogP contribution in [0.4, 0.5) is 0 Å². The Hall–Kier alpha value is -4.46. The Kier molecular flexibility index (Phi) is 28.9. The fraction of sp³-hybridized carbons (Fsp3) is 0.867. The van der Waals surface area contributed by atoms with Gasteiger partial charge in [0.25, 0.3) is 0 Å². The van der Waals surface area contributed by atoms with E-state index in [1.807, 2.05) is 125 Å². The molecule has 468 valence electrons. The topological polar surface area (TPSA) is 274 Å². The van der Waals surface area contributed by atoms with Gasteiger partial charge >= 0.3 is 17.9 Å². The number of carbonyl (C=O) groups is 7. The number of hydrogen-bond donors (Lipinski definition) is 4. The third kappa shape index (κ3) is 29.6. The zero-order valence-electron chi connectivity index (χ0n) is 53.7. The zero-order valence-corrected chi connectivity index (χ0v) is 53.7. The molecule has 21 nitrogen and oxygen atoms in total. The monoisotopic (exact) mass is 1150 g/mol. The first-order chi connectivity index (χ1) is 36.8. The summed E-state index contributed by atoms with van der Waals surface area (Å²) < 4.78 is 53.9. The number of nitrogens with zero attached hydrogens (tertiary/aromatic N) is 1. The van der Waals surface area contributed by atoms with Crippen LogP contribution in [0.25, 0.3) is 0 Å². The average molecular weight is 1150 g/mol. The first-order valence-electron chi connectivity index (χ1n) is 28.8. The van der Waals surface area contributed by atoms with E-state index in [9.17, 15) is 38.8 Å². The van der Waals surface area contributed by atoms with Crippen LogP contribution in [0.3, 0.4) is 0 Å². The fourth-order valence-electron chi connectivity index (χ4n) is 10.1. The van der Waals surface area contributed by atoms with Crippen LogP contribution >= 0.6 is 0 Å². The van der Waals surface area contributed by atoms with E-state index >= 15 is 0 Å². The molecule has 1 aliphatic heterocycles. The Morgan fingerprint density at radius 1 is 0.519 bits per heavy atom. The Morgan fingerprint density at radius 2 is 0.963 bits per heavy atom. The molecule has 1 fully saturated rings. The van der Waals surface area contributed by atoms with Crippen molar-refractivity contribution >= 4 is 41.5 Å². The van der Waals surface area contributed by atoms with E-state index in [1.165, 1.54) is 6.92 Å². The Balaban J connectivity index is 2.66. The summed E-state index contributed by atoms with van der Waals surface area (Å²) in [5, 5.41) is 21.2. The number of amides is 4. The Morgan fingerprint density at radius 3 is 1.40 bits per heavy atom. The molecule has 0 aromatic heterocycles. The van der Waals surface area contributed by atoms with Crippen LogP contribution in [-0.4, -0.2) is 145 Å². The van der Waals surface area contributed by atoms with Gasteiger partial charge in [0.05, 0.1) is 58.3 Å². The molecule has 6 atom stereocenters. The molecule has 0 aromatic rings. The van der Waals surface area contributed by atoms with Gasteiger partial charge in [-0.3, -0.25) is 33.6 Å². The van der Waals surface area contributed by atoms with E-state index in [4.69, 9.17) is 42.6 Å². The molecule has 4 N–H and O–H groups in total. The normalized spacial score (nSPS) is 19.3. The third-order valence-corrected chi connectivity index (χ3v) is 13.9. The maximum absolute atomic E-state index is 13.7. The molecule has 4 amide bonds. The highest BCUT2D eigenvalue weighted by molar-refractivity contribution is 5.82. The summed E-state index contributed by atoms with van der Waals surface area (Å²) >= 11 is 0. The summed E-state index contributed by atoms with van der Waals surface area (Å²) in [4.78, 5) is 87.9. The van der Waals surface area contributed by atoms with E-state index < -0.39 is 104 Å². The van der Waals surface area contributed by atoms with Crippen molar-refractivity contribution in [3.05, 3.63) is 0 Å². The maximum atomic E-state index is 13.7. The molecule has 1 aliphatic rings. The van der Waals surface area contributed by atoms with E-state index in [1.54, 1.807) is 0 Å². The number of ether oxygens (including phenoxy) is 9. The van der Waals surface area contributed by atoms with Crippen molar-refractivity contribution in [2.45, 2.75) is 281 Å². The van der Waals surface area contributed by atoms with E-state index in [-0.39, 0.29) is 30.9 Å². The highest BCUT2D eigenvalue weighted by Crippen LogP contribution is 2.37.